The Morgan fingerprint density at radius 3 is 2.83 bits per heavy atom. The van der Waals surface area contributed by atoms with Crippen LogP contribution in [0.4, 0.5) is 0 Å². The van der Waals surface area contributed by atoms with Crippen molar-refractivity contribution >= 4 is 42.6 Å². The first-order valence-electron chi connectivity index (χ1n) is 3.53. The van der Waals surface area contributed by atoms with E-state index in [0.29, 0.717) is 0 Å². The molecule has 0 fully saturated rings. The van der Waals surface area contributed by atoms with Crippen molar-refractivity contribution in [2.45, 2.75) is 0 Å². The first-order valence-corrected chi connectivity index (χ1v) is 5.11. The minimum absolute atomic E-state index is 1.07. The van der Waals surface area contributed by atoms with E-state index in [1.54, 1.807) is 0 Å². The molecule has 0 saturated heterocycles. The van der Waals surface area contributed by atoms with Gasteiger partial charge in [0.2, 0.25) is 0 Å². The zero-order valence-corrected chi connectivity index (χ0v) is 9.31. The van der Waals surface area contributed by atoms with Crippen LogP contribution in [0.5, 0.6) is 0 Å². The van der Waals surface area contributed by atoms with E-state index in [1.165, 1.54) is 5.39 Å². The SMILES string of the molecule is Brc1cc(Br)c2ccc[c]c2c1. The van der Waals surface area contributed by atoms with Crippen molar-refractivity contribution in [1.82, 2.24) is 0 Å². The van der Waals surface area contributed by atoms with Gasteiger partial charge in [-0.05, 0) is 29.0 Å². The van der Waals surface area contributed by atoms with Crippen molar-refractivity contribution in [2.75, 3.05) is 0 Å². The van der Waals surface area contributed by atoms with E-state index >= 15 is 0 Å². The lowest BCUT2D eigenvalue weighted by Gasteiger charge is -2.00. The standard InChI is InChI=1S/C10H5Br2/c11-8-5-7-3-1-2-4-9(7)10(12)6-8/h1-2,4-6H. The van der Waals surface area contributed by atoms with Crippen LogP contribution in [0.1, 0.15) is 0 Å². The Labute approximate surface area is 87.8 Å². The lowest BCUT2D eigenvalue weighted by atomic mass is 10.1. The summed E-state index contributed by atoms with van der Waals surface area (Å²) in [6.45, 7) is 0. The van der Waals surface area contributed by atoms with Gasteiger partial charge in [0.1, 0.15) is 0 Å². The number of fused-ring (bicyclic) bond motifs is 1. The average molecular weight is 285 g/mol. The molecule has 0 spiro atoms. The highest BCUT2D eigenvalue weighted by Crippen LogP contribution is 2.27. The molecule has 0 atom stereocenters. The molecule has 0 saturated carbocycles. The quantitative estimate of drug-likeness (QED) is 0.681. The molecular weight excluding hydrogens is 280 g/mol. The monoisotopic (exact) mass is 283 g/mol. The molecule has 2 heteroatoms. The molecule has 0 aromatic heterocycles. The van der Waals surface area contributed by atoms with Crippen LogP contribution < -0.4 is 0 Å². The molecule has 0 aliphatic heterocycles. The van der Waals surface area contributed by atoms with Gasteiger partial charge >= 0.3 is 0 Å². The van der Waals surface area contributed by atoms with Crippen LogP contribution in [-0.2, 0) is 0 Å². The zero-order valence-electron chi connectivity index (χ0n) is 6.14. The van der Waals surface area contributed by atoms with Crippen LogP contribution in [0.15, 0.2) is 39.3 Å². The van der Waals surface area contributed by atoms with Crippen LogP contribution in [0.2, 0.25) is 0 Å². The first kappa shape index (κ1) is 8.27. The average Bonchev–Trinajstić information content (AvgIpc) is 2.04. The molecule has 2 rings (SSSR count). The van der Waals surface area contributed by atoms with E-state index in [2.05, 4.69) is 50.1 Å². The molecule has 12 heavy (non-hydrogen) atoms. The van der Waals surface area contributed by atoms with Gasteiger partial charge in [-0.2, -0.15) is 0 Å². The Bertz CT molecular complexity index is 421. The van der Waals surface area contributed by atoms with Gasteiger partial charge in [0.25, 0.3) is 0 Å². The summed E-state index contributed by atoms with van der Waals surface area (Å²) in [5.41, 5.74) is 0. The number of rotatable bonds is 0. The van der Waals surface area contributed by atoms with Crippen molar-refractivity contribution in [3.63, 3.8) is 0 Å². The fourth-order valence-electron chi connectivity index (χ4n) is 1.16. The van der Waals surface area contributed by atoms with Gasteiger partial charge in [-0.1, -0.05) is 50.1 Å². The lowest BCUT2D eigenvalue weighted by molar-refractivity contribution is 1.66. The number of hydrogen-bond donors (Lipinski definition) is 0. The molecule has 59 valence electrons. The van der Waals surface area contributed by atoms with Gasteiger partial charge in [0.15, 0.2) is 0 Å². The van der Waals surface area contributed by atoms with Gasteiger partial charge < -0.3 is 0 Å². The van der Waals surface area contributed by atoms with Crippen LogP contribution in [0, 0.1) is 6.07 Å². The second kappa shape index (κ2) is 3.19. The molecule has 2 aromatic rings. The van der Waals surface area contributed by atoms with E-state index in [9.17, 15) is 0 Å². The molecule has 1 radical (unpaired) electrons. The molecular formula is C10H5Br2. The summed E-state index contributed by atoms with van der Waals surface area (Å²) in [7, 11) is 0. The van der Waals surface area contributed by atoms with Crippen LogP contribution in [-0.4, -0.2) is 0 Å². The fraction of sp³-hybridized carbons (Fsp3) is 0. The van der Waals surface area contributed by atoms with Gasteiger partial charge in [0.05, 0.1) is 0 Å². The maximum absolute atomic E-state index is 3.50. The fourth-order valence-corrected chi connectivity index (χ4v) is 2.51. The summed E-state index contributed by atoms with van der Waals surface area (Å²) in [4.78, 5) is 0. The molecule has 0 unspecified atom stereocenters. The van der Waals surface area contributed by atoms with Crippen LogP contribution >= 0.6 is 31.9 Å². The highest BCUT2D eigenvalue weighted by molar-refractivity contribution is 9.11. The smallest absolute Gasteiger partial charge is 0.0265 e. The predicted octanol–water partition coefficient (Wildman–Crippen LogP) is 4.16. The Kier molecular flexibility index (Phi) is 2.20. The van der Waals surface area contributed by atoms with Crippen molar-refractivity contribution in [2.24, 2.45) is 0 Å². The van der Waals surface area contributed by atoms with Gasteiger partial charge in [-0.3, -0.25) is 0 Å². The van der Waals surface area contributed by atoms with E-state index in [0.717, 1.165) is 14.3 Å². The van der Waals surface area contributed by atoms with E-state index in [-0.39, 0.29) is 0 Å². The summed E-state index contributed by atoms with van der Waals surface area (Å²) in [5, 5.41) is 2.32. The third-order valence-corrected chi connectivity index (χ3v) is 2.81. The molecule has 0 amide bonds. The molecule has 0 aliphatic carbocycles. The van der Waals surface area contributed by atoms with Crippen molar-refractivity contribution in [3.05, 3.63) is 45.3 Å². The van der Waals surface area contributed by atoms with Gasteiger partial charge in [0, 0.05) is 8.95 Å². The minimum Gasteiger partial charge on any atom is -0.0610 e. The Morgan fingerprint density at radius 1 is 1.17 bits per heavy atom. The number of benzene rings is 2. The normalized spacial score (nSPS) is 10.5. The minimum atomic E-state index is 1.07. The van der Waals surface area contributed by atoms with Crippen molar-refractivity contribution < 1.29 is 0 Å². The second-order valence-corrected chi connectivity index (χ2v) is 4.29. The third kappa shape index (κ3) is 1.41. The van der Waals surface area contributed by atoms with E-state index < -0.39 is 0 Å². The maximum atomic E-state index is 3.50. The first-order chi connectivity index (χ1) is 5.77. The second-order valence-electron chi connectivity index (χ2n) is 2.52. The summed E-state index contributed by atoms with van der Waals surface area (Å²) in [6.07, 6.45) is 0. The summed E-state index contributed by atoms with van der Waals surface area (Å²) in [5.74, 6) is 0. The van der Waals surface area contributed by atoms with Crippen LogP contribution in [0.3, 0.4) is 0 Å². The summed E-state index contributed by atoms with van der Waals surface area (Å²) >= 11 is 6.93. The van der Waals surface area contributed by atoms with E-state index in [4.69, 9.17) is 0 Å². The maximum Gasteiger partial charge on any atom is 0.0265 e. The Morgan fingerprint density at radius 2 is 2.00 bits per heavy atom. The number of hydrogen-bond acceptors (Lipinski definition) is 0. The van der Waals surface area contributed by atoms with Gasteiger partial charge in [-0.25, -0.2) is 0 Å². The predicted molar refractivity (Wildman–Crippen MR) is 58.2 cm³/mol. The highest BCUT2D eigenvalue weighted by Gasteiger charge is 1.98. The summed E-state index contributed by atoms with van der Waals surface area (Å²) in [6, 6.07) is 13.2. The number of halogens is 2. The van der Waals surface area contributed by atoms with Crippen LogP contribution in [0.25, 0.3) is 10.8 Å². The molecule has 0 heterocycles. The molecule has 0 N–H and O–H groups in total. The lowest BCUT2D eigenvalue weighted by Crippen LogP contribution is -1.74. The molecule has 0 aliphatic rings. The molecule has 2 aromatic carbocycles. The van der Waals surface area contributed by atoms with Crippen molar-refractivity contribution in [3.8, 4) is 0 Å². The molecule has 0 bridgehead atoms. The largest absolute Gasteiger partial charge is 0.0610 e. The van der Waals surface area contributed by atoms with Gasteiger partial charge in [-0.15, -0.1) is 0 Å². The highest BCUT2D eigenvalue weighted by atomic mass is 79.9. The summed E-state index contributed by atoms with van der Waals surface area (Å²) < 4.78 is 2.17. The van der Waals surface area contributed by atoms with E-state index in [1.807, 2.05) is 18.2 Å². The Balaban J connectivity index is 2.89. The topological polar surface area (TPSA) is 0 Å². The Hall–Kier alpha value is -0.340. The van der Waals surface area contributed by atoms with Crippen molar-refractivity contribution in [1.29, 1.82) is 0 Å². The zero-order chi connectivity index (χ0) is 8.55. The third-order valence-electron chi connectivity index (χ3n) is 1.69. The molecule has 0 nitrogen and oxygen atoms in total.